The van der Waals surface area contributed by atoms with Crippen LogP contribution in [-0.2, 0) is 5.41 Å². The van der Waals surface area contributed by atoms with Crippen LogP contribution in [0.25, 0.3) is 0 Å². The lowest BCUT2D eigenvalue weighted by Gasteiger charge is -2.34. The van der Waals surface area contributed by atoms with Crippen LogP contribution in [0.2, 0.25) is 10.0 Å². The van der Waals surface area contributed by atoms with Crippen molar-refractivity contribution in [3.05, 3.63) is 141 Å². The molecule has 4 aromatic rings. The standard InChI is InChI=1S/C26H18Cl2O/c27-23-15-11-19(12-16-23)25(29)26(20-7-3-1-4-8-20,21-9-5-2-6-10-21)22-13-17-24(28)18-14-22/h1-18H. The predicted octanol–water partition coefficient (Wildman–Crippen LogP) is 7.21. The van der Waals surface area contributed by atoms with Gasteiger partial charge in [0.1, 0.15) is 5.41 Å². The number of carbonyl (C=O) groups is 1. The average molecular weight is 417 g/mol. The van der Waals surface area contributed by atoms with Crippen molar-refractivity contribution >= 4 is 29.0 Å². The third-order valence-electron chi connectivity index (χ3n) is 5.14. The Morgan fingerprint density at radius 1 is 0.517 bits per heavy atom. The Bertz CT molecular complexity index is 1060. The molecule has 0 spiro atoms. The van der Waals surface area contributed by atoms with Crippen LogP contribution >= 0.6 is 23.2 Å². The molecule has 0 aliphatic heterocycles. The highest BCUT2D eigenvalue weighted by Crippen LogP contribution is 2.42. The fraction of sp³-hybridized carbons (Fsp3) is 0.0385. The van der Waals surface area contributed by atoms with Gasteiger partial charge >= 0.3 is 0 Å². The Balaban J connectivity index is 2.07. The number of rotatable bonds is 5. The Morgan fingerprint density at radius 2 is 0.897 bits per heavy atom. The minimum atomic E-state index is -1.01. The van der Waals surface area contributed by atoms with Crippen LogP contribution in [0.15, 0.2) is 109 Å². The molecule has 0 bridgehead atoms. The van der Waals surface area contributed by atoms with Crippen molar-refractivity contribution < 1.29 is 4.79 Å². The first-order chi connectivity index (χ1) is 14.1. The third kappa shape index (κ3) is 3.60. The zero-order valence-corrected chi connectivity index (χ0v) is 17.1. The molecule has 0 heterocycles. The fourth-order valence-corrected chi connectivity index (χ4v) is 4.04. The maximum Gasteiger partial charge on any atom is 0.182 e. The number of halogens is 2. The van der Waals surface area contributed by atoms with E-state index in [1.165, 1.54) is 0 Å². The second kappa shape index (κ2) is 8.24. The first kappa shape index (κ1) is 19.4. The van der Waals surface area contributed by atoms with Crippen LogP contribution in [0.1, 0.15) is 27.0 Å². The SMILES string of the molecule is O=C(c1ccc(Cl)cc1)C(c1ccccc1)(c1ccccc1)c1ccc(Cl)cc1. The normalized spacial score (nSPS) is 11.2. The molecule has 142 valence electrons. The first-order valence-corrected chi connectivity index (χ1v) is 10.1. The first-order valence-electron chi connectivity index (χ1n) is 9.30. The van der Waals surface area contributed by atoms with Gasteiger partial charge in [-0.1, -0.05) is 96.0 Å². The van der Waals surface area contributed by atoms with E-state index in [4.69, 9.17) is 23.2 Å². The largest absolute Gasteiger partial charge is 0.292 e. The van der Waals surface area contributed by atoms with Crippen molar-refractivity contribution in [1.82, 2.24) is 0 Å². The summed E-state index contributed by atoms with van der Waals surface area (Å²) in [4.78, 5) is 14.2. The predicted molar refractivity (Wildman–Crippen MR) is 120 cm³/mol. The van der Waals surface area contributed by atoms with E-state index in [1.807, 2.05) is 84.9 Å². The second-order valence-electron chi connectivity index (χ2n) is 6.82. The van der Waals surface area contributed by atoms with E-state index in [-0.39, 0.29) is 5.78 Å². The van der Waals surface area contributed by atoms with Crippen molar-refractivity contribution in [1.29, 1.82) is 0 Å². The van der Waals surface area contributed by atoms with Crippen molar-refractivity contribution in [3.63, 3.8) is 0 Å². The van der Waals surface area contributed by atoms with E-state index in [9.17, 15) is 4.79 Å². The zero-order valence-electron chi connectivity index (χ0n) is 15.6. The van der Waals surface area contributed by atoms with E-state index in [0.717, 1.165) is 16.7 Å². The summed E-state index contributed by atoms with van der Waals surface area (Å²) in [6.07, 6.45) is 0. The highest BCUT2D eigenvalue weighted by Gasteiger charge is 2.43. The molecule has 0 fully saturated rings. The lowest BCUT2D eigenvalue weighted by molar-refractivity contribution is 0.0935. The van der Waals surface area contributed by atoms with Crippen LogP contribution in [0.3, 0.4) is 0 Å². The van der Waals surface area contributed by atoms with Crippen molar-refractivity contribution in [2.24, 2.45) is 0 Å². The average Bonchev–Trinajstić information content (AvgIpc) is 2.77. The molecule has 4 rings (SSSR count). The highest BCUT2D eigenvalue weighted by atomic mass is 35.5. The summed E-state index contributed by atoms with van der Waals surface area (Å²) in [6, 6.07) is 34.3. The van der Waals surface area contributed by atoms with Gasteiger partial charge in [0, 0.05) is 15.6 Å². The molecule has 0 saturated heterocycles. The summed E-state index contributed by atoms with van der Waals surface area (Å²) in [5.41, 5.74) is 2.24. The van der Waals surface area contributed by atoms with Gasteiger partial charge in [0.15, 0.2) is 5.78 Å². The summed E-state index contributed by atoms with van der Waals surface area (Å²) in [6.45, 7) is 0. The van der Waals surface area contributed by atoms with E-state index >= 15 is 0 Å². The summed E-state index contributed by atoms with van der Waals surface area (Å²) in [7, 11) is 0. The lowest BCUT2D eigenvalue weighted by atomic mass is 9.65. The number of hydrogen-bond acceptors (Lipinski definition) is 1. The van der Waals surface area contributed by atoms with Crippen LogP contribution in [0.5, 0.6) is 0 Å². The molecule has 0 unspecified atom stereocenters. The van der Waals surface area contributed by atoms with Gasteiger partial charge < -0.3 is 0 Å². The smallest absolute Gasteiger partial charge is 0.182 e. The maximum atomic E-state index is 14.2. The molecule has 0 saturated carbocycles. The minimum Gasteiger partial charge on any atom is -0.292 e. The quantitative estimate of drug-likeness (QED) is 0.248. The molecule has 29 heavy (non-hydrogen) atoms. The Hall–Kier alpha value is -2.87. The Labute approximate surface area is 180 Å². The van der Waals surface area contributed by atoms with Crippen LogP contribution in [0, 0.1) is 0 Å². The third-order valence-corrected chi connectivity index (χ3v) is 5.64. The topological polar surface area (TPSA) is 17.1 Å². The summed E-state index contributed by atoms with van der Waals surface area (Å²) >= 11 is 12.2. The van der Waals surface area contributed by atoms with Gasteiger partial charge in [-0.25, -0.2) is 0 Å². The molecule has 0 radical (unpaired) electrons. The van der Waals surface area contributed by atoms with Gasteiger partial charge in [-0.15, -0.1) is 0 Å². The van der Waals surface area contributed by atoms with Crippen molar-refractivity contribution in [2.45, 2.75) is 5.41 Å². The zero-order chi connectivity index (χ0) is 20.3. The van der Waals surface area contributed by atoms with Crippen LogP contribution in [0.4, 0.5) is 0 Å². The van der Waals surface area contributed by atoms with E-state index in [2.05, 4.69) is 0 Å². The molecule has 1 nitrogen and oxygen atoms in total. The summed E-state index contributed by atoms with van der Waals surface area (Å²) in [5, 5.41) is 1.22. The number of ketones is 1. The lowest BCUT2D eigenvalue weighted by Crippen LogP contribution is -2.38. The minimum absolute atomic E-state index is 0.0195. The number of carbonyl (C=O) groups excluding carboxylic acids is 1. The second-order valence-corrected chi connectivity index (χ2v) is 7.70. The van der Waals surface area contributed by atoms with Crippen molar-refractivity contribution in [2.75, 3.05) is 0 Å². The molecule has 0 amide bonds. The van der Waals surface area contributed by atoms with E-state index in [1.54, 1.807) is 24.3 Å². The van der Waals surface area contributed by atoms with Gasteiger partial charge in [0.05, 0.1) is 0 Å². The van der Waals surface area contributed by atoms with Gasteiger partial charge in [0.25, 0.3) is 0 Å². The van der Waals surface area contributed by atoms with Gasteiger partial charge in [-0.05, 0) is 53.1 Å². The monoisotopic (exact) mass is 416 g/mol. The Morgan fingerprint density at radius 3 is 1.34 bits per heavy atom. The number of hydrogen-bond donors (Lipinski definition) is 0. The van der Waals surface area contributed by atoms with Gasteiger partial charge in [-0.2, -0.15) is 0 Å². The molecule has 0 atom stereocenters. The van der Waals surface area contributed by atoms with E-state index in [0.29, 0.717) is 15.6 Å². The fourth-order valence-electron chi connectivity index (χ4n) is 3.79. The highest BCUT2D eigenvalue weighted by molar-refractivity contribution is 6.31. The van der Waals surface area contributed by atoms with Gasteiger partial charge in [0.2, 0.25) is 0 Å². The molecule has 0 aliphatic rings. The molecule has 0 aliphatic carbocycles. The molecular weight excluding hydrogens is 399 g/mol. The molecular formula is C26H18Cl2O. The van der Waals surface area contributed by atoms with Crippen LogP contribution < -0.4 is 0 Å². The number of benzene rings is 4. The molecule has 4 aromatic carbocycles. The molecule has 3 heteroatoms. The van der Waals surface area contributed by atoms with Crippen LogP contribution in [-0.4, -0.2) is 5.78 Å². The maximum absolute atomic E-state index is 14.2. The van der Waals surface area contributed by atoms with Crippen molar-refractivity contribution in [3.8, 4) is 0 Å². The number of Topliss-reactive ketones (excluding diaryl/α,β-unsaturated/α-hetero) is 1. The molecule has 0 N–H and O–H groups in total. The Kier molecular flexibility index (Phi) is 5.53. The summed E-state index contributed by atoms with van der Waals surface area (Å²) in [5.74, 6) is -0.0195. The summed E-state index contributed by atoms with van der Waals surface area (Å²) < 4.78 is 0. The molecule has 0 aromatic heterocycles. The van der Waals surface area contributed by atoms with E-state index < -0.39 is 5.41 Å². The van der Waals surface area contributed by atoms with Gasteiger partial charge in [-0.3, -0.25) is 4.79 Å².